The Bertz CT molecular complexity index is 1410. The van der Waals surface area contributed by atoms with Crippen LogP contribution >= 0.6 is 0 Å². The molecule has 2 aromatic carbocycles. The third kappa shape index (κ3) is 3.15. The highest BCUT2D eigenvalue weighted by Gasteiger charge is 2.45. The van der Waals surface area contributed by atoms with Crippen molar-refractivity contribution >= 4 is 22.7 Å². The second kappa shape index (κ2) is 7.64. The highest BCUT2D eigenvalue weighted by Crippen LogP contribution is 2.41. The first-order valence-electron chi connectivity index (χ1n) is 10.2. The lowest BCUT2D eigenvalue weighted by atomic mass is 9.98. The SMILES string of the molecule is CCCOc1cccc([C@@H]2c3c(oc4ccc(F)cc4c3=O)C(=O)N2c2cc(C)on2)c1. The van der Waals surface area contributed by atoms with Crippen LogP contribution in [0.25, 0.3) is 11.0 Å². The fourth-order valence-electron chi connectivity index (χ4n) is 3.96. The number of hydrogen-bond acceptors (Lipinski definition) is 6. The lowest BCUT2D eigenvalue weighted by molar-refractivity contribution is 0.0969. The van der Waals surface area contributed by atoms with Gasteiger partial charge in [-0.3, -0.25) is 14.5 Å². The largest absolute Gasteiger partial charge is 0.494 e. The van der Waals surface area contributed by atoms with Crippen LogP contribution in [-0.2, 0) is 0 Å². The van der Waals surface area contributed by atoms with Crippen molar-refractivity contribution in [2.24, 2.45) is 0 Å². The molecule has 0 aliphatic carbocycles. The molecular weight excluding hydrogens is 415 g/mol. The smallest absolute Gasteiger partial charge is 0.296 e. The summed E-state index contributed by atoms with van der Waals surface area (Å²) >= 11 is 0. The molecule has 1 amide bonds. The molecule has 0 saturated carbocycles. The first kappa shape index (κ1) is 20.0. The van der Waals surface area contributed by atoms with E-state index in [-0.39, 0.29) is 28.1 Å². The van der Waals surface area contributed by atoms with Gasteiger partial charge in [-0.15, -0.1) is 0 Å². The monoisotopic (exact) mass is 434 g/mol. The number of nitrogens with zero attached hydrogens (tertiary/aromatic N) is 2. The van der Waals surface area contributed by atoms with E-state index < -0.39 is 23.2 Å². The highest BCUT2D eigenvalue weighted by atomic mass is 19.1. The Morgan fingerprint density at radius 2 is 2.00 bits per heavy atom. The maximum atomic E-state index is 13.9. The molecule has 8 heteroatoms. The molecule has 4 aromatic rings. The van der Waals surface area contributed by atoms with E-state index in [9.17, 15) is 14.0 Å². The molecule has 1 aliphatic heterocycles. The fourth-order valence-corrected chi connectivity index (χ4v) is 3.96. The Hall–Kier alpha value is -3.94. The molecule has 0 spiro atoms. The van der Waals surface area contributed by atoms with E-state index >= 15 is 0 Å². The van der Waals surface area contributed by atoms with Crippen LogP contribution in [0.3, 0.4) is 0 Å². The maximum absolute atomic E-state index is 13.9. The standard InChI is InChI=1S/C24H19FN2O5/c1-3-9-30-16-6-4-5-14(11-16)21-20-22(28)17-12-15(25)7-8-18(17)31-23(20)24(29)27(21)19-10-13(2)32-26-19/h4-8,10-12,21H,3,9H2,1-2H3/t21-/m1/s1. The molecule has 0 unspecified atom stereocenters. The van der Waals surface area contributed by atoms with E-state index in [0.29, 0.717) is 23.7 Å². The van der Waals surface area contributed by atoms with Gasteiger partial charge in [0.25, 0.3) is 5.91 Å². The second-order valence-corrected chi connectivity index (χ2v) is 7.61. The highest BCUT2D eigenvalue weighted by molar-refractivity contribution is 6.10. The summed E-state index contributed by atoms with van der Waals surface area (Å²) in [7, 11) is 0. The Morgan fingerprint density at radius 1 is 1.16 bits per heavy atom. The van der Waals surface area contributed by atoms with Gasteiger partial charge in [0.1, 0.15) is 22.9 Å². The molecule has 0 saturated heterocycles. The van der Waals surface area contributed by atoms with Gasteiger partial charge >= 0.3 is 0 Å². The minimum absolute atomic E-state index is 0.0677. The summed E-state index contributed by atoms with van der Waals surface area (Å²) in [5.41, 5.74) is 0.429. The first-order valence-corrected chi connectivity index (χ1v) is 10.2. The number of fused-ring (bicyclic) bond motifs is 2. The van der Waals surface area contributed by atoms with E-state index in [1.54, 1.807) is 37.3 Å². The van der Waals surface area contributed by atoms with Crippen LogP contribution in [0.2, 0.25) is 0 Å². The Morgan fingerprint density at radius 3 is 2.75 bits per heavy atom. The van der Waals surface area contributed by atoms with Gasteiger partial charge in [-0.25, -0.2) is 4.39 Å². The third-order valence-corrected chi connectivity index (χ3v) is 5.34. The molecule has 162 valence electrons. The van der Waals surface area contributed by atoms with Crippen molar-refractivity contribution < 1.29 is 22.9 Å². The van der Waals surface area contributed by atoms with Crippen molar-refractivity contribution in [2.75, 3.05) is 11.5 Å². The van der Waals surface area contributed by atoms with Crippen LogP contribution in [0.4, 0.5) is 10.2 Å². The summed E-state index contributed by atoms with van der Waals surface area (Å²) in [6.45, 7) is 4.24. The van der Waals surface area contributed by atoms with Crippen molar-refractivity contribution in [3.8, 4) is 5.75 Å². The van der Waals surface area contributed by atoms with E-state index in [1.807, 2.05) is 6.92 Å². The summed E-state index contributed by atoms with van der Waals surface area (Å²) < 4.78 is 30.6. The normalized spacial score (nSPS) is 15.4. The molecule has 3 heterocycles. The number of halogens is 1. The number of carbonyl (C=O) groups is 1. The lowest BCUT2D eigenvalue weighted by Gasteiger charge is -2.22. The Balaban J connectivity index is 1.76. The summed E-state index contributed by atoms with van der Waals surface area (Å²) in [4.78, 5) is 28.2. The summed E-state index contributed by atoms with van der Waals surface area (Å²) in [6.07, 6.45) is 0.834. The molecule has 2 aromatic heterocycles. The molecule has 1 atom stereocenters. The van der Waals surface area contributed by atoms with E-state index in [0.717, 1.165) is 12.5 Å². The molecule has 32 heavy (non-hydrogen) atoms. The van der Waals surface area contributed by atoms with Gasteiger partial charge < -0.3 is 13.7 Å². The zero-order valence-electron chi connectivity index (χ0n) is 17.4. The Kier molecular flexibility index (Phi) is 4.77. The topological polar surface area (TPSA) is 85.8 Å². The molecule has 0 bridgehead atoms. The van der Waals surface area contributed by atoms with Gasteiger partial charge in [-0.1, -0.05) is 24.2 Å². The molecular formula is C24H19FN2O5. The van der Waals surface area contributed by atoms with E-state index in [4.69, 9.17) is 13.7 Å². The lowest BCUT2D eigenvalue weighted by Crippen LogP contribution is -2.29. The Labute approximate surface area is 182 Å². The molecule has 0 N–H and O–H groups in total. The average Bonchev–Trinajstić information content (AvgIpc) is 3.34. The van der Waals surface area contributed by atoms with Gasteiger partial charge in [0, 0.05) is 6.07 Å². The van der Waals surface area contributed by atoms with Crippen LogP contribution in [0.15, 0.2) is 62.3 Å². The molecule has 1 aliphatic rings. The van der Waals surface area contributed by atoms with Crippen molar-refractivity contribution in [1.29, 1.82) is 0 Å². The van der Waals surface area contributed by atoms with E-state index in [2.05, 4.69) is 5.16 Å². The molecule has 0 fully saturated rings. The molecule has 7 nitrogen and oxygen atoms in total. The summed E-state index contributed by atoms with van der Waals surface area (Å²) in [5, 5.41) is 4.06. The summed E-state index contributed by atoms with van der Waals surface area (Å²) in [5.74, 6) is 0.177. The quantitative estimate of drug-likeness (QED) is 0.450. The number of carbonyl (C=O) groups excluding carboxylic acids is 1. The minimum atomic E-state index is -0.837. The van der Waals surface area contributed by atoms with Gasteiger partial charge in [0.15, 0.2) is 11.2 Å². The summed E-state index contributed by atoms with van der Waals surface area (Å²) in [6, 6.07) is 11.6. The van der Waals surface area contributed by atoms with Crippen LogP contribution in [0, 0.1) is 12.7 Å². The van der Waals surface area contributed by atoms with Gasteiger partial charge in [-0.2, -0.15) is 0 Å². The second-order valence-electron chi connectivity index (χ2n) is 7.61. The molecule has 0 radical (unpaired) electrons. The number of rotatable bonds is 5. The predicted molar refractivity (Wildman–Crippen MR) is 115 cm³/mol. The predicted octanol–water partition coefficient (Wildman–Crippen LogP) is 4.77. The third-order valence-electron chi connectivity index (χ3n) is 5.34. The number of anilines is 1. The van der Waals surface area contributed by atoms with Crippen LogP contribution in [0.5, 0.6) is 5.75 Å². The molecule has 5 rings (SSSR count). The van der Waals surface area contributed by atoms with Crippen molar-refractivity contribution in [1.82, 2.24) is 5.16 Å². The average molecular weight is 434 g/mol. The number of aromatic nitrogens is 1. The van der Waals surface area contributed by atoms with Crippen molar-refractivity contribution in [3.05, 3.63) is 87.2 Å². The first-order chi connectivity index (χ1) is 15.5. The van der Waals surface area contributed by atoms with Gasteiger partial charge in [0.05, 0.1) is 23.6 Å². The number of aryl methyl sites for hydroxylation is 1. The van der Waals surface area contributed by atoms with Gasteiger partial charge in [0.2, 0.25) is 5.76 Å². The zero-order chi connectivity index (χ0) is 22.4. The fraction of sp³-hybridized carbons (Fsp3) is 0.208. The van der Waals surface area contributed by atoms with Crippen molar-refractivity contribution in [2.45, 2.75) is 26.3 Å². The van der Waals surface area contributed by atoms with Crippen LogP contribution in [0.1, 0.15) is 46.8 Å². The maximum Gasteiger partial charge on any atom is 0.296 e. The van der Waals surface area contributed by atoms with Crippen LogP contribution in [-0.4, -0.2) is 17.7 Å². The number of ether oxygens (including phenoxy) is 1. The zero-order valence-corrected chi connectivity index (χ0v) is 17.4. The van der Waals surface area contributed by atoms with E-state index in [1.165, 1.54) is 17.0 Å². The minimum Gasteiger partial charge on any atom is -0.494 e. The number of hydrogen-bond donors (Lipinski definition) is 0. The van der Waals surface area contributed by atoms with Crippen molar-refractivity contribution in [3.63, 3.8) is 0 Å². The van der Waals surface area contributed by atoms with Crippen LogP contribution < -0.4 is 15.1 Å². The van der Waals surface area contributed by atoms with Gasteiger partial charge in [-0.05, 0) is 49.2 Å². The number of benzene rings is 2. The number of amides is 1.